The van der Waals surface area contributed by atoms with Crippen molar-refractivity contribution in [2.75, 3.05) is 45.8 Å². The number of phenols is 3. The standard InChI is InChI=1S/C14H11ClN2O4.C14H13ClN2O3.C14H13ClN2O2/c15-9-2-1-3-10(13(9)18)17-14(19)16-8-4-5-11-12(6-8)21-7-20-11;1-20-10-5-2-4-9(8-10)16-14(19)17-12-7-3-6-11(15)13(12)18;1-9-5-2-3-7-11(9)16-14(19)17-12-8-4-6-10(15)13(12)18/h1-6,18H,7H2,(H2,16,17,19);2-8,18H,1H3,(H2,16,17,19);2-8,18H,1H3,(H2,16,17,19). The number of para-hydroxylation sites is 4. The number of hydrogen-bond acceptors (Lipinski definition) is 9. The van der Waals surface area contributed by atoms with Crippen LogP contribution in [0.3, 0.4) is 0 Å². The number of ether oxygens (including phenoxy) is 3. The van der Waals surface area contributed by atoms with Gasteiger partial charge in [-0.3, -0.25) is 0 Å². The third-order valence-electron chi connectivity index (χ3n) is 8.06. The average molecular weight is 876 g/mol. The summed E-state index contributed by atoms with van der Waals surface area (Å²) in [6.07, 6.45) is 0. The van der Waals surface area contributed by atoms with E-state index < -0.39 is 18.1 Å². The zero-order valence-corrected chi connectivity index (χ0v) is 33.9. The van der Waals surface area contributed by atoms with Crippen molar-refractivity contribution in [3.63, 3.8) is 0 Å². The Morgan fingerprint density at radius 2 is 0.950 bits per heavy atom. The molecule has 310 valence electrons. The van der Waals surface area contributed by atoms with Crippen LogP contribution in [-0.2, 0) is 0 Å². The van der Waals surface area contributed by atoms with Gasteiger partial charge in [-0.2, -0.15) is 0 Å². The van der Waals surface area contributed by atoms with E-state index in [0.717, 1.165) is 5.56 Å². The molecular formula is C42H37Cl3N6O9. The summed E-state index contributed by atoms with van der Waals surface area (Å²) in [5.74, 6) is 1.33. The van der Waals surface area contributed by atoms with E-state index in [2.05, 4.69) is 31.9 Å². The van der Waals surface area contributed by atoms with Gasteiger partial charge in [0.1, 0.15) is 5.75 Å². The molecule has 0 fully saturated rings. The number of benzene rings is 6. The second kappa shape index (κ2) is 21.0. The van der Waals surface area contributed by atoms with E-state index >= 15 is 0 Å². The minimum atomic E-state index is -0.508. The number of nitrogens with one attached hydrogen (secondary N) is 6. The Morgan fingerprint density at radius 3 is 1.47 bits per heavy atom. The van der Waals surface area contributed by atoms with Gasteiger partial charge in [0.05, 0.1) is 39.2 Å². The third kappa shape index (κ3) is 12.4. The van der Waals surface area contributed by atoms with Gasteiger partial charge in [-0.05, 0) is 79.2 Å². The van der Waals surface area contributed by atoms with Gasteiger partial charge in [0.15, 0.2) is 28.7 Å². The molecule has 0 aromatic heterocycles. The topological polar surface area (TPSA) is 212 Å². The number of rotatable bonds is 7. The maximum Gasteiger partial charge on any atom is 0.323 e. The zero-order chi connectivity index (χ0) is 43.2. The largest absolute Gasteiger partial charge is 0.504 e. The van der Waals surface area contributed by atoms with Gasteiger partial charge < -0.3 is 61.4 Å². The van der Waals surface area contributed by atoms with Crippen LogP contribution in [0.4, 0.5) is 48.5 Å². The number of fused-ring (bicyclic) bond motifs is 1. The molecule has 0 spiro atoms. The number of anilines is 6. The molecule has 0 unspecified atom stereocenters. The van der Waals surface area contributed by atoms with E-state index in [1.54, 1.807) is 98.1 Å². The Hall–Kier alpha value is -7.20. The van der Waals surface area contributed by atoms with Gasteiger partial charge in [0, 0.05) is 29.2 Å². The highest BCUT2D eigenvalue weighted by Crippen LogP contribution is 2.36. The molecule has 15 nitrogen and oxygen atoms in total. The van der Waals surface area contributed by atoms with E-state index in [1.165, 1.54) is 12.1 Å². The first-order valence-corrected chi connectivity index (χ1v) is 18.7. The molecule has 7 rings (SSSR count). The molecule has 9 N–H and O–H groups in total. The molecule has 0 aliphatic carbocycles. The minimum absolute atomic E-state index is 0.149. The highest BCUT2D eigenvalue weighted by atomic mass is 35.5. The first kappa shape index (κ1) is 43.9. The SMILES string of the molecule is COc1cccc(NC(=O)Nc2cccc(Cl)c2O)c1.Cc1ccccc1NC(=O)Nc1cccc(Cl)c1O.O=C(Nc1ccc2c(c1)OCO2)Nc1cccc(Cl)c1O. The van der Waals surface area contributed by atoms with Crippen molar-refractivity contribution in [1.82, 2.24) is 0 Å². The van der Waals surface area contributed by atoms with Crippen LogP contribution in [0, 0.1) is 6.92 Å². The zero-order valence-electron chi connectivity index (χ0n) is 31.7. The third-order valence-corrected chi connectivity index (χ3v) is 8.97. The lowest BCUT2D eigenvalue weighted by Crippen LogP contribution is -2.20. The van der Waals surface area contributed by atoms with Crippen LogP contribution >= 0.6 is 34.8 Å². The maximum absolute atomic E-state index is 11.9. The van der Waals surface area contributed by atoms with E-state index in [9.17, 15) is 29.7 Å². The Morgan fingerprint density at radius 1 is 0.517 bits per heavy atom. The number of hydrogen-bond donors (Lipinski definition) is 9. The lowest BCUT2D eigenvalue weighted by Gasteiger charge is -2.11. The fourth-order valence-electron chi connectivity index (χ4n) is 5.08. The van der Waals surface area contributed by atoms with Crippen molar-refractivity contribution >= 4 is 87.0 Å². The number of methoxy groups -OCH3 is 1. The average Bonchev–Trinajstić information content (AvgIpc) is 3.70. The van der Waals surface area contributed by atoms with Crippen LogP contribution in [0.2, 0.25) is 15.1 Å². The summed E-state index contributed by atoms with van der Waals surface area (Å²) in [5.41, 5.74) is 3.49. The number of carbonyl (C=O) groups excluding carboxylic acids is 3. The number of phenolic OH excluding ortho intramolecular Hbond substituents is 3. The number of aryl methyl sites for hydroxylation is 1. The monoisotopic (exact) mass is 874 g/mol. The lowest BCUT2D eigenvalue weighted by molar-refractivity contribution is 0.174. The van der Waals surface area contributed by atoms with Crippen molar-refractivity contribution in [3.05, 3.63) is 142 Å². The van der Waals surface area contributed by atoms with Crippen LogP contribution in [0.5, 0.6) is 34.5 Å². The highest BCUT2D eigenvalue weighted by molar-refractivity contribution is 6.33. The molecule has 6 amide bonds. The van der Waals surface area contributed by atoms with E-state index in [1.807, 2.05) is 25.1 Å². The summed E-state index contributed by atoms with van der Waals surface area (Å²) in [6, 6.07) is 32.1. The Balaban J connectivity index is 0.000000171. The second-order valence-electron chi connectivity index (χ2n) is 12.3. The lowest BCUT2D eigenvalue weighted by atomic mass is 10.2. The molecule has 0 radical (unpaired) electrons. The van der Waals surface area contributed by atoms with Crippen LogP contribution in [-0.4, -0.2) is 47.3 Å². The summed E-state index contributed by atoms with van der Waals surface area (Å²) in [6.45, 7) is 2.06. The van der Waals surface area contributed by atoms with Crippen molar-refractivity contribution < 1.29 is 43.9 Å². The molecule has 0 saturated carbocycles. The van der Waals surface area contributed by atoms with Crippen molar-refractivity contribution in [1.29, 1.82) is 0 Å². The van der Waals surface area contributed by atoms with Crippen LogP contribution in [0.15, 0.2) is 121 Å². The van der Waals surface area contributed by atoms with Gasteiger partial charge in [-0.1, -0.05) is 77.3 Å². The Labute approximate surface area is 358 Å². The van der Waals surface area contributed by atoms with Gasteiger partial charge in [-0.15, -0.1) is 0 Å². The number of urea groups is 3. The smallest absolute Gasteiger partial charge is 0.323 e. The molecule has 60 heavy (non-hydrogen) atoms. The summed E-state index contributed by atoms with van der Waals surface area (Å²) in [4.78, 5) is 35.5. The quantitative estimate of drug-likeness (QED) is 0.0697. The number of halogens is 3. The Kier molecular flexibility index (Phi) is 15.4. The summed E-state index contributed by atoms with van der Waals surface area (Å²) in [5, 5.41) is 45.2. The first-order valence-electron chi connectivity index (χ1n) is 17.6. The van der Waals surface area contributed by atoms with Crippen LogP contribution < -0.4 is 46.1 Å². The molecule has 6 aromatic rings. The predicted molar refractivity (Wildman–Crippen MR) is 234 cm³/mol. The van der Waals surface area contributed by atoms with Crippen molar-refractivity contribution in [3.8, 4) is 34.5 Å². The summed E-state index contributed by atoms with van der Waals surface area (Å²) < 4.78 is 15.5. The fraction of sp³-hybridized carbons (Fsp3) is 0.0714. The van der Waals surface area contributed by atoms with E-state index in [-0.39, 0.29) is 56.2 Å². The molecule has 6 aromatic carbocycles. The molecule has 1 aliphatic rings. The maximum atomic E-state index is 11.9. The summed E-state index contributed by atoms with van der Waals surface area (Å²) >= 11 is 17.3. The molecule has 0 atom stereocenters. The highest BCUT2D eigenvalue weighted by Gasteiger charge is 2.15. The van der Waals surface area contributed by atoms with Crippen LogP contribution in [0.25, 0.3) is 0 Å². The second-order valence-corrected chi connectivity index (χ2v) is 13.5. The molecule has 18 heteroatoms. The van der Waals surface area contributed by atoms with E-state index in [0.29, 0.717) is 34.3 Å². The van der Waals surface area contributed by atoms with Crippen LogP contribution in [0.1, 0.15) is 5.56 Å². The first-order chi connectivity index (χ1) is 28.8. The van der Waals surface area contributed by atoms with Gasteiger partial charge >= 0.3 is 18.1 Å². The van der Waals surface area contributed by atoms with Gasteiger partial charge in [-0.25, -0.2) is 14.4 Å². The number of aromatic hydroxyl groups is 3. The molecule has 1 heterocycles. The predicted octanol–water partition coefficient (Wildman–Crippen LogP) is 11.1. The molecular weight excluding hydrogens is 839 g/mol. The van der Waals surface area contributed by atoms with Crippen molar-refractivity contribution in [2.24, 2.45) is 0 Å². The number of carbonyl (C=O) groups is 3. The number of amides is 6. The fourth-order valence-corrected chi connectivity index (χ4v) is 5.61. The summed E-state index contributed by atoms with van der Waals surface area (Å²) in [7, 11) is 1.54. The minimum Gasteiger partial charge on any atom is -0.504 e. The Bertz CT molecular complexity index is 2490. The molecule has 0 bridgehead atoms. The molecule has 1 aliphatic heterocycles. The van der Waals surface area contributed by atoms with E-state index in [4.69, 9.17) is 49.0 Å². The van der Waals surface area contributed by atoms with Gasteiger partial charge in [0.2, 0.25) is 6.79 Å². The normalized spacial score (nSPS) is 10.7. The van der Waals surface area contributed by atoms with Gasteiger partial charge in [0.25, 0.3) is 0 Å². The molecule has 0 saturated heterocycles. The van der Waals surface area contributed by atoms with Crippen molar-refractivity contribution in [2.45, 2.75) is 6.92 Å².